The highest BCUT2D eigenvalue weighted by atomic mass is 35.5. The van der Waals surface area contributed by atoms with E-state index in [1.807, 2.05) is 0 Å². The summed E-state index contributed by atoms with van der Waals surface area (Å²) in [5, 5.41) is 2.77. The maximum Gasteiger partial charge on any atom is 0.243 e. The van der Waals surface area contributed by atoms with Crippen LogP contribution >= 0.6 is 11.6 Å². The molecule has 0 atom stereocenters. The largest absolute Gasteiger partial charge is 0.492 e. The number of nitrogens with one attached hydrogen (secondary N) is 1. The predicted molar refractivity (Wildman–Crippen MR) is 101 cm³/mol. The van der Waals surface area contributed by atoms with Crippen molar-refractivity contribution < 1.29 is 22.3 Å². The molecule has 27 heavy (non-hydrogen) atoms. The van der Waals surface area contributed by atoms with Gasteiger partial charge in [0.25, 0.3) is 0 Å². The van der Waals surface area contributed by atoms with Crippen molar-refractivity contribution in [1.82, 2.24) is 9.62 Å². The van der Waals surface area contributed by atoms with E-state index in [1.165, 1.54) is 49.5 Å². The molecule has 6 nitrogen and oxygen atoms in total. The maximum absolute atomic E-state index is 12.9. The molecular formula is C18H20ClFN2O4S. The fourth-order valence-electron chi connectivity index (χ4n) is 2.24. The van der Waals surface area contributed by atoms with Crippen LogP contribution in [0.1, 0.15) is 12.5 Å². The average molecular weight is 415 g/mol. The van der Waals surface area contributed by atoms with Gasteiger partial charge in [0.05, 0.1) is 23.1 Å². The molecule has 0 saturated heterocycles. The minimum atomic E-state index is -3.89. The Morgan fingerprint density at radius 1 is 1.22 bits per heavy atom. The van der Waals surface area contributed by atoms with Crippen LogP contribution in [-0.4, -0.2) is 38.8 Å². The zero-order valence-electron chi connectivity index (χ0n) is 14.9. The van der Waals surface area contributed by atoms with E-state index in [9.17, 15) is 17.6 Å². The highest BCUT2D eigenvalue weighted by Crippen LogP contribution is 2.28. The summed E-state index contributed by atoms with van der Waals surface area (Å²) in [4.78, 5) is 12.0. The number of likely N-dealkylation sites (N-methyl/N-ethyl adjacent to an activating group) is 1. The van der Waals surface area contributed by atoms with Crippen LogP contribution in [-0.2, 0) is 21.4 Å². The van der Waals surface area contributed by atoms with Crippen molar-refractivity contribution in [3.8, 4) is 5.75 Å². The fourth-order valence-corrected chi connectivity index (χ4v) is 3.69. The van der Waals surface area contributed by atoms with Gasteiger partial charge >= 0.3 is 0 Å². The van der Waals surface area contributed by atoms with Crippen LogP contribution in [0.15, 0.2) is 47.4 Å². The molecular weight excluding hydrogens is 395 g/mol. The first-order valence-corrected chi connectivity index (χ1v) is 9.95. The van der Waals surface area contributed by atoms with Crippen molar-refractivity contribution in [1.29, 1.82) is 0 Å². The Kier molecular flexibility index (Phi) is 7.18. The standard InChI is InChI=1S/C18H20ClFN2O4S/c1-3-26-17-9-8-15(10-16(17)19)27(24,25)22(2)12-18(23)21-11-13-4-6-14(20)7-5-13/h4-10H,3,11-12H2,1-2H3,(H,21,23). The number of carbonyl (C=O) groups is 1. The minimum Gasteiger partial charge on any atom is -0.492 e. The Labute approximate surface area is 162 Å². The molecule has 0 aliphatic carbocycles. The van der Waals surface area contributed by atoms with Gasteiger partial charge < -0.3 is 10.1 Å². The molecule has 0 aromatic heterocycles. The number of hydrogen-bond donors (Lipinski definition) is 1. The smallest absolute Gasteiger partial charge is 0.243 e. The number of nitrogens with zero attached hydrogens (tertiary/aromatic N) is 1. The SMILES string of the molecule is CCOc1ccc(S(=O)(=O)N(C)CC(=O)NCc2ccc(F)cc2)cc1Cl. The Hall–Kier alpha value is -2.16. The Morgan fingerprint density at radius 3 is 2.48 bits per heavy atom. The van der Waals surface area contributed by atoms with Gasteiger partial charge in [-0.2, -0.15) is 4.31 Å². The van der Waals surface area contributed by atoms with Crippen LogP contribution in [0.5, 0.6) is 5.75 Å². The molecule has 2 aromatic carbocycles. The molecule has 0 bridgehead atoms. The summed E-state index contributed by atoms with van der Waals surface area (Å²) in [5.74, 6) is -0.467. The van der Waals surface area contributed by atoms with Gasteiger partial charge in [-0.05, 0) is 42.8 Å². The van der Waals surface area contributed by atoms with Crippen molar-refractivity contribution >= 4 is 27.5 Å². The molecule has 2 aromatic rings. The second kappa shape index (κ2) is 9.16. The zero-order chi connectivity index (χ0) is 20.0. The summed E-state index contributed by atoms with van der Waals surface area (Å²) in [7, 11) is -2.59. The summed E-state index contributed by atoms with van der Waals surface area (Å²) in [6.07, 6.45) is 0. The number of ether oxygens (including phenoxy) is 1. The van der Waals surface area contributed by atoms with Crippen LogP contribution in [0.25, 0.3) is 0 Å². The molecule has 9 heteroatoms. The van der Waals surface area contributed by atoms with Crippen LogP contribution in [0, 0.1) is 5.82 Å². The average Bonchev–Trinajstić information content (AvgIpc) is 2.63. The van der Waals surface area contributed by atoms with Gasteiger partial charge in [-0.25, -0.2) is 12.8 Å². The minimum absolute atomic E-state index is 0.0372. The van der Waals surface area contributed by atoms with Gasteiger partial charge in [0.1, 0.15) is 11.6 Å². The summed E-state index contributed by atoms with van der Waals surface area (Å²) in [6.45, 7) is 2.00. The van der Waals surface area contributed by atoms with Crippen LogP contribution < -0.4 is 10.1 Å². The zero-order valence-corrected chi connectivity index (χ0v) is 16.5. The van der Waals surface area contributed by atoms with Crippen molar-refractivity contribution in [2.45, 2.75) is 18.4 Å². The van der Waals surface area contributed by atoms with Crippen LogP contribution in [0.4, 0.5) is 4.39 Å². The lowest BCUT2D eigenvalue weighted by Gasteiger charge is -2.17. The van der Waals surface area contributed by atoms with Crippen molar-refractivity contribution in [3.05, 3.63) is 58.9 Å². The Bertz CT molecular complexity index is 904. The van der Waals surface area contributed by atoms with Gasteiger partial charge in [0.2, 0.25) is 15.9 Å². The van der Waals surface area contributed by atoms with Gasteiger partial charge in [0.15, 0.2) is 0 Å². The van der Waals surface area contributed by atoms with E-state index in [0.717, 1.165) is 4.31 Å². The van der Waals surface area contributed by atoms with Crippen LogP contribution in [0.2, 0.25) is 5.02 Å². The highest BCUT2D eigenvalue weighted by molar-refractivity contribution is 7.89. The van der Waals surface area contributed by atoms with E-state index in [4.69, 9.17) is 16.3 Å². The van der Waals surface area contributed by atoms with Gasteiger partial charge in [-0.15, -0.1) is 0 Å². The summed E-state index contributed by atoms with van der Waals surface area (Å²) in [5.41, 5.74) is 0.702. The lowest BCUT2D eigenvalue weighted by atomic mass is 10.2. The van der Waals surface area contributed by atoms with Gasteiger partial charge in [-0.3, -0.25) is 4.79 Å². The van der Waals surface area contributed by atoms with E-state index in [-0.39, 0.29) is 28.8 Å². The number of benzene rings is 2. The third kappa shape index (κ3) is 5.66. The maximum atomic E-state index is 12.9. The topological polar surface area (TPSA) is 75.7 Å². The van der Waals surface area contributed by atoms with Gasteiger partial charge in [-0.1, -0.05) is 23.7 Å². The number of hydrogen-bond acceptors (Lipinski definition) is 4. The second-order valence-electron chi connectivity index (χ2n) is 5.69. The van der Waals surface area contributed by atoms with E-state index >= 15 is 0 Å². The molecule has 0 fully saturated rings. The molecule has 0 heterocycles. The molecule has 2 rings (SSSR count). The molecule has 0 radical (unpaired) electrons. The van der Waals surface area contributed by atoms with E-state index < -0.39 is 15.9 Å². The third-order valence-corrected chi connectivity index (χ3v) is 5.78. The summed E-state index contributed by atoms with van der Waals surface area (Å²) >= 11 is 6.04. The first-order valence-electron chi connectivity index (χ1n) is 8.14. The molecule has 1 amide bonds. The number of rotatable bonds is 8. The lowest BCUT2D eigenvalue weighted by molar-refractivity contribution is -0.121. The van der Waals surface area contributed by atoms with E-state index in [1.54, 1.807) is 6.92 Å². The second-order valence-corrected chi connectivity index (χ2v) is 8.14. The van der Waals surface area contributed by atoms with Crippen molar-refractivity contribution in [3.63, 3.8) is 0 Å². The molecule has 0 unspecified atom stereocenters. The quantitative estimate of drug-likeness (QED) is 0.720. The Balaban J connectivity index is 2.00. The van der Waals surface area contributed by atoms with Crippen molar-refractivity contribution in [2.75, 3.05) is 20.2 Å². The number of carbonyl (C=O) groups excluding carboxylic acids is 1. The normalized spacial score (nSPS) is 11.4. The first-order chi connectivity index (χ1) is 12.7. The van der Waals surface area contributed by atoms with E-state index in [2.05, 4.69) is 5.32 Å². The molecule has 1 N–H and O–H groups in total. The number of sulfonamides is 1. The van der Waals surface area contributed by atoms with Crippen LogP contribution in [0.3, 0.4) is 0 Å². The molecule has 0 saturated carbocycles. The summed E-state index contributed by atoms with van der Waals surface area (Å²) in [6, 6.07) is 9.78. The predicted octanol–water partition coefficient (Wildman–Crippen LogP) is 2.81. The van der Waals surface area contributed by atoms with Gasteiger partial charge in [0, 0.05) is 13.6 Å². The molecule has 0 aliphatic heterocycles. The third-order valence-electron chi connectivity index (χ3n) is 3.68. The molecule has 146 valence electrons. The molecule has 0 spiro atoms. The number of amides is 1. The molecule has 0 aliphatic rings. The van der Waals surface area contributed by atoms with Crippen molar-refractivity contribution in [2.24, 2.45) is 0 Å². The number of halogens is 2. The first kappa shape index (κ1) is 21.1. The highest BCUT2D eigenvalue weighted by Gasteiger charge is 2.24. The fraction of sp³-hybridized carbons (Fsp3) is 0.278. The Morgan fingerprint density at radius 2 is 1.89 bits per heavy atom. The monoisotopic (exact) mass is 414 g/mol. The summed E-state index contributed by atoms with van der Waals surface area (Å²) < 4.78 is 44.3. The lowest BCUT2D eigenvalue weighted by Crippen LogP contribution is -2.38. The van der Waals surface area contributed by atoms with E-state index in [0.29, 0.717) is 17.9 Å².